The Balaban J connectivity index is 2.08. The topological polar surface area (TPSA) is 44.1 Å². The van der Waals surface area contributed by atoms with Gasteiger partial charge in [0, 0.05) is 12.7 Å². The summed E-state index contributed by atoms with van der Waals surface area (Å²) in [4.78, 5) is 13.6. The Morgan fingerprint density at radius 2 is 2.06 bits per heavy atom. The smallest absolute Gasteiger partial charge is 0.231 e. The highest BCUT2D eigenvalue weighted by Gasteiger charge is 2.11. The number of hydrogen-bond acceptors (Lipinski definition) is 3. The summed E-state index contributed by atoms with van der Waals surface area (Å²) >= 11 is 1.59. The van der Waals surface area contributed by atoms with Crippen LogP contribution in [-0.4, -0.2) is 13.0 Å². The zero-order chi connectivity index (χ0) is 13.0. The van der Waals surface area contributed by atoms with Gasteiger partial charge in [0.1, 0.15) is 0 Å². The number of anilines is 1. The summed E-state index contributed by atoms with van der Waals surface area (Å²) < 4.78 is 0. The zero-order valence-electron chi connectivity index (χ0n) is 9.96. The standard InChI is InChI=1S/C14H12N2OS/c1-16(13-4-2-11(9-15)3-5-13)14(17)8-12-6-7-18-10-12/h2-7,10H,8H2,1H3. The Labute approximate surface area is 110 Å². The van der Waals surface area contributed by atoms with E-state index in [-0.39, 0.29) is 5.91 Å². The molecule has 1 heterocycles. The van der Waals surface area contributed by atoms with E-state index >= 15 is 0 Å². The maximum atomic E-state index is 12.0. The van der Waals surface area contributed by atoms with Gasteiger partial charge in [0.15, 0.2) is 0 Å². The molecule has 0 bridgehead atoms. The largest absolute Gasteiger partial charge is 0.315 e. The van der Waals surface area contributed by atoms with Crippen LogP contribution < -0.4 is 4.90 Å². The Morgan fingerprint density at radius 3 is 2.61 bits per heavy atom. The number of thiophene rings is 1. The van der Waals surface area contributed by atoms with Gasteiger partial charge < -0.3 is 4.90 Å². The van der Waals surface area contributed by atoms with E-state index in [4.69, 9.17) is 5.26 Å². The molecule has 0 aliphatic rings. The molecule has 0 fully saturated rings. The molecule has 18 heavy (non-hydrogen) atoms. The van der Waals surface area contributed by atoms with Gasteiger partial charge >= 0.3 is 0 Å². The first-order valence-corrected chi connectivity index (χ1v) is 6.43. The first-order chi connectivity index (χ1) is 8.70. The molecule has 0 atom stereocenters. The Morgan fingerprint density at radius 1 is 1.33 bits per heavy atom. The summed E-state index contributed by atoms with van der Waals surface area (Å²) in [5, 5.41) is 12.7. The molecule has 2 aromatic rings. The molecule has 0 saturated carbocycles. The van der Waals surface area contributed by atoms with Crippen LogP contribution in [0, 0.1) is 11.3 Å². The molecule has 0 spiro atoms. The lowest BCUT2D eigenvalue weighted by Gasteiger charge is -2.17. The molecular weight excluding hydrogens is 244 g/mol. The fourth-order valence-electron chi connectivity index (χ4n) is 1.59. The normalized spacial score (nSPS) is 9.78. The van der Waals surface area contributed by atoms with Crippen molar-refractivity contribution >= 4 is 22.9 Å². The minimum atomic E-state index is 0.0399. The van der Waals surface area contributed by atoms with Gasteiger partial charge in [0.25, 0.3) is 0 Å². The van der Waals surface area contributed by atoms with Gasteiger partial charge in [0.2, 0.25) is 5.91 Å². The van der Waals surface area contributed by atoms with Crippen LogP contribution >= 0.6 is 11.3 Å². The molecule has 1 amide bonds. The van der Waals surface area contributed by atoms with E-state index in [0.29, 0.717) is 12.0 Å². The lowest BCUT2D eigenvalue weighted by molar-refractivity contribution is -0.117. The average Bonchev–Trinajstić information content (AvgIpc) is 2.91. The molecule has 90 valence electrons. The van der Waals surface area contributed by atoms with Gasteiger partial charge in [-0.2, -0.15) is 16.6 Å². The van der Waals surface area contributed by atoms with Crippen molar-refractivity contribution < 1.29 is 4.79 Å². The highest BCUT2D eigenvalue weighted by atomic mass is 32.1. The van der Waals surface area contributed by atoms with Crippen LogP contribution in [0.15, 0.2) is 41.1 Å². The minimum absolute atomic E-state index is 0.0399. The molecule has 1 aromatic carbocycles. The van der Waals surface area contributed by atoms with Crippen LogP contribution in [0.2, 0.25) is 0 Å². The maximum Gasteiger partial charge on any atom is 0.231 e. The van der Waals surface area contributed by atoms with E-state index < -0.39 is 0 Å². The molecule has 0 aliphatic carbocycles. The predicted octanol–water partition coefficient (Wildman–Crippen LogP) is 2.83. The molecule has 2 rings (SSSR count). The molecule has 0 radical (unpaired) electrons. The van der Waals surface area contributed by atoms with Crippen LogP contribution in [0.25, 0.3) is 0 Å². The third-order valence-electron chi connectivity index (χ3n) is 2.69. The van der Waals surface area contributed by atoms with Crippen molar-refractivity contribution in [3.8, 4) is 6.07 Å². The number of carbonyl (C=O) groups excluding carboxylic acids is 1. The first-order valence-electron chi connectivity index (χ1n) is 5.48. The van der Waals surface area contributed by atoms with E-state index in [2.05, 4.69) is 6.07 Å². The fourth-order valence-corrected chi connectivity index (χ4v) is 2.26. The first kappa shape index (κ1) is 12.3. The van der Waals surface area contributed by atoms with E-state index in [1.165, 1.54) is 0 Å². The third-order valence-corrected chi connectivity index (χ3v) is 3.43. The summed E-state index contributed by atoms with van der Waals surface area (Å²) in [6.45, 7) is 0. The quantitative estimate of drug-likeness (QED) is 0.847. The van der Waals surface area contributed by atoms with Crippen molar-refractivity contribution in [3.63, 3.8) is 0 Å². The van der Waals surface area contributed by atoms with Gasteiger partial charge in [-0.15, -0.1) is 0 Å². The number of likely N-dealkylation sites (N-methyl/N-ethyl adjacent to an activating group) is 1. The van der Waals surface area contributed by atoms with Crippen molar-refractivity contribution in [2.75, 3.05) is 11.9 Å². The average molecular weight is 256 g/mol. The number of rotatable bonds is 3. The molecule has 1 aromatic heterocycles. The number of amides is 1. The zero-order valence-corrected chi connectivity index (χ0v) is 10.8. The van der Waals surface area contributed by atoms with Crippen molar-refractivity contribution in [1.82, 2.24) is 0 Å². The molecular formula is C14H12N2OS. The molecule has 0 N–H and O–H groups in total. The van der Waals surface area contributed by atoms with Gasteiger partial charge in [-0.1, -0.05) is 0 Å². The second kappa shape index (κ2) is 5.48. The van der Waals surface area contributed by atoms with E-state index in [1.807, 2.05) is 16.8 Å². The highest BCUT2D eigenvalue weighted by molar-refractivity contribution is 7.08. The minimum Gasteiger partial charge on any atom is -0.315 e. The summed E-state index contributed by atoms with van der Waals surface area (Å²) in [5.74, 6) is 0.0399. The van der Waals surface area contributed by atoms with Crippen LogP contribution in [0.3, 0.4) is 0 Å². The van der Waals surface area contributed by atoms with E-state index in [1.54, 1.807) is 47.5 Å². The van der Waals surface area contributed by atoms with Gasteiger partial charge in [-0.3, -0.25) is 4.79 Å². The summed E-state index contributed by atoms with van der Waals surface area (Å²) in [7, 11) is 1.75. The SMILES string of the molecule is CN(C(=O)Cc1ccsc1)c1ccc(C#N)cc1. The van der Waals surface area contributed by atoms with Crippen LogP contribution in [0.5, 0.6) is 0 Å². The van der Waals surface area contributed by atoms with E-state index in [0.717, 1.165) is 11.3 Å². The van der Waals surface area contributed by atoms with E-state index in [9.17, 15) is 4.79 Å². The van der Waals surface area contributed by atoms with Gasteiger partial charge in [0.05, 0.1) is 18.1 Å². The van der Waals surface area contributed by atoms with Crippen molar-refractivity contribution in [2.45, 2.75) is 6.42 Å². The Kier molecular flexibility index (Phi) is 3.75. The summed E-state index contributed by atoms with van der Waals surface area (Å²) in [5.41, 5.74) is 2.43. The summed E-state index contributed by atoms with van der Waals surface area (Å²) in [6.07, 6.45) is 0.403. The fraction of sp³-hybridized carbons (Fsp3) is 0.143. The molecule has 0 unspecified atom stereocenters. The number of nitrogens with zero attached hydrogens (tertiary/aromatic N) is 2. The van der Waals surface area contributed by atoms with Crippen molar-refractivity contribution in [2.24, 2.45) is 0 Å². The highest BCUT2D eigenvalue weighted by Crippen LogP contribution is 2.15. The van der Waals surface area contributed by atoms with Gasteiger partial charge in [-0.05, 0) is 46.7 Å². The van der Waals surface area contributed by atoms with Gasteiger partial charge in [-0.25, -0.2) is 0 Å². The third kappa shape index (κ3) is 2.76. The number of hydrogen-bond donors (Lipinski definition) is 0. The van der Waals surface area contributed by atoms with Crippen LogP contribution in [0.1, 0.15) is 11.1 Å². The van der Waals surface area contributed by atoms with Crippen LogP contribution in [-0.2, 0) is 11.2 Å². The molecule has 4 heteroatoms. The molecule has 0 saturated heterocycles. The molecule has 0 aliphatic heterocycles. The molecule has 3 nitrogen and oxygen atoms in total. The second-order valence-corrected chi connectivity index (χ2v) is 4.70. The summed E-state index contributed by atoms with van der Waals surface area (Å²) in [6, 6.07) is 11.0. The Bertz CT molecular complexity index is 567. The van der Waals surface area contributed by atoms with Crippen molar-refractivity contribution in [1.29, 1.82) is 5.26 Å². The number of benzene rings is 1. The monoisotopic (exact) mass is 256 g/mol. The lowest BCUT2D eigenvalue weighted by Crippen LogP contribution is -2.27. The van der Waals surface area contributed by atoms with Crippen molar-refractivity contribution in [3.05, 3.63) is 52.2 Å². The predicted molar refractivity (Wildman–Crippen MR) is 72.6 cm³/mol. The number of carbonyl (C=O) groups is 1. The Hall–Kier alpha value is -2.12. The number of nitriles is 1. The maximum absolute atomic E-state index is 12.0. The lowest BCUT2D eigenvalue weighted by atomic mass is 10.2. The second-order valence-electron chi connectivity index (χ2n) is 3.92. The van der Waals surface area contributed by atoms with Crippen LogP contribution in [0.4, 0.5) is 5.69 Å².